The Morgan fingerprint density at radius 1 is 1.38 bits per heavy atom. The second-order valence-corrected chi connectivity index (χ2v) is 6.65. The van der Waals surface area contributed by atoms with Crippen LogP contribution in [0.3, 0.4) is 0 Å². The normalized spacial score (nSPS) is 15.6. The zero-order chi connectivity index (χ0) is 17.1. The first kappa shape index (κ1) is 16.7. The molecule has 1 aliphatic heterocycles. The molecule has 1 aliphatic rings. The molecular weight excluding hydrogens is 326 g/mol. The van der Waals surface area contributed by atoms with E-state index in [4.69, 9.17) is 4.74 Å². The Kier molecular flexibility index (Phi) is 5.01. The van der Waals surface area contributed by atoms with Crippen LogP contribution in [0.4, 0.5) is 10.5 Å². The summed E-state index contributed by atoms with van der Waals surface area (Å²) in [5.41, 5.74) is 2.95. The van der Waals surface area contributed by atoms with Gasteiger partial charge in [-0.25, -0.2) is 4.79 Å². The highest BCUT2D eigenvalue weighted by Crippen LogP contribution is 2.23. The lowest BCUT2D eigenvalue weighted by Crippen LogP contribution is -2.27. The summed E-state index contributed by atoms with van der Waals surface area (Å²) in [6, 6.07) is 8.02. The van der Waals surface area contributed by atoms with Crippen molar-refractivity contribution in [3.8, 4) is 0 Å². The average molecular weight is 347 g/mol. The fraction of sp³-hybridized carbons (Fsp3) is 0.412. The molecular formula is C17H21N3O3S. The van der Waals surface area contributed by atoms with Crippen LogP contribution >= 0.6 is 11.3 Å². The van der Waals surface area contributed by atoms with E-state index in [0.717, 1.165) is 16.9 Å². The molecule has 6 nitrogen and oxygen atoms in total. The Labute approximate surface area is 144 Å². The van der Waals surface area contributed by atoms with Crippen LogP contribution < -0.4 is 15.1 Å². The molecule has 2 aromatic rings. The largest absolute Gasteiger partial charge is 0.447 e. The van der Waals surface area contributed by atoms with Crippen molar-refractivity contribution in [1.82, 2.24) is 9.88 Å². The van der Waals surface area contributed by atoms with Gasteiger partial charge in [0.05, 0.1) is 6.54 Å². The minimum atomic E-state index is -0.292. The number of cyclic esters (lactones) is 1. The number of rotatable bonds is 6. The van der Waals surface area contributed by atoms with Crippen molar-refractivity contribution in [3.63, 3.8) is 0 Å². The summed E-state index contributed by atoms with van der Waals surface area (Å²) >= 11 is 1.23. The van der Waals surface area contributed by atoms with Crippen LogP contribution in [0, 0.1) is 6.92 Å². The third-order valence-electron chi connectivity index (χ3n) is 4.21. The summed E-state index contributed by atoms with van der Waals surface area (Å²) < 4.78 is 6.77. The molecule has 1 fully saturated rings. The molecule has 1 saturated heterocycles. The van der Waals surface area contributed by atoms with Crippen LogP contribution in [0.15, 0.2) is 34.4 Å². The van der Waals surface area contributed by atoms with E-state index in [2.05, 4.69) is 12.2 Å². The number of carbonyl (C=O) groups is 1. The average Bonchev–Trinajstić information content (AvgIpc) is 3.14. The van der Waals surface area contributed by atoms with Crippen LogP contribution in [-0.2, 0) is 11.3 Å². The second kappa shape index (κ2) is 7.19. The molecule has 24 heavy (non-hydrogen) atoms. The van der Waals surface area contributed by atoms with Gasteiger partial charge in [-0.05, 0) is 31.5 Å². The van der Waals surface area contributed by atoms with Crippen molar-refractivity contribution in [2.75, 3.05) is 24.6 Å². The molecule has 128 valence electrons. The quantitative estimate of drug-likeness (QED) is 0.872. The monoisotopic (exact) mass is 347 g/mol. The van der Waals surface area contributed by atoms with Crippen molar-refractivity contribution in [2.45, 2.75) is 26.4 Å². The molecule has 0 spiro atoms. The number of amides is 1. The fourth-order valence-corrected chi connectivity index (χ4v) is 3.54. The molecule has 1 amide bonds. The van der Waals surface area contributed by atoms with Crippen LogP contribution in [-0.4, -0.2) is 30.4 Å². The van der Waals surface area contributed by atoms with Crippen LogP contribution in [0.25, 0.3) is 0 Å². The first-order valence-corrected chi connectivity index (χ1v) is 8.87. The van der Waals surface area contributed by atoms with Gasteiger partial charge in [0.15, 0.2) is 0 Å². The third kappa shape index (κ3) is 3.52. The topological polar surface area (TPSA) is 63.6 Å². The first-order valence-electron chi connectivity index (χ1n) is 7.99. The summed E-state index contributed by atoms with van der Waals surface area (Å²) in [7, 11) is 0. The van der Waals surface area contributed by atoms with Gasteiger partial charge in [0, 0.05) is 35.9 Å². The van der Waals surface area contributed by atoms with E-state index in [1.807, 2.05) is 36.6 Å². The molecule has 1 N–H and O–H groups in total. The zero-order valence-electron chi connectivity index (χ0n) is 13.8. The van der Waals surface area contributed by atoms with Crippen LogP contribution in [0.5, 0.6) is 0 Å². The summed E-state index contributed by atoms with van der Waals surface area (Å²) in [4.78, 5) is 25.1. The van der Waals surface area contributed by atoms with Gasteiger partial charge >= 0.3 is 11.0 Å². The number of thiazole rings is 1. The Hall–Kier alpha value is -2.12. The number of nitrogens with one attached hydrogen (secondary N) is 1. The van der Waals surface area contributed by atoms with E-state index in [9.17, 15) is 9.59 Å². The zero-order valence-corrected chi connectivity index (χ0v) is 14.6. The van der Waals surface area contributed by atoms with Crippen molar-refractivity contribution in [3.05, 3.63) is 50.6 Å². The highest BCUT2D eigenvalue weighted by atomic mass is 32.1. The number of nitrogens with zero attached hydrogens (tertiary/aromatic N) is 2. The minimum Gasteiger partial charge on any atom is -0.447 e. The fourth-order valence-electron chi connectivity index (χ4n) is 2.78. The molecule has 1 aromatic carbocycles. The number of benzene rings is 1. The van der Waals surface area contributed by atoms with Gasteiger partial charge in [-0.15, -0.1) is 0 Å². The predicted octanol–water partition coefficient (Wildman–Crippen LogP) is 2.53. The summed E-state index contributed by atoms with van der Waals surface area (Å²) in [6.07, 6.45) is -0.292. The Bertz CT molecular complexity index is 783. The van der Waals surface area contributed by atoms with Gasteiger partial charge in [-0.2, -0.15) is 0 Å². The number of hydrogen-bond donors (Lipinski definition) is 1. The SMILES string of the molecule is Cc1csc(=O)n1CCN[C@@H](C)c1cccc(N2CCOC2=O)c1. The van der Waals surface area contributed by atoms with E-state index in [1.54, 1.807) is 9.47 Å². The number of aryl methyl sites for hydroxylation is 1. The van der Waals surface area contributed by atoms with Crippen molar-refractivity contribution >= 4 is 23.1 Å². The van der Waals surface area contributed by atoms with E-state index in [1.165, 1.54) is 11.3 Å². The lowest BCUT2D eigenvalue weighted by atomic mass is 10.1. The van der Waals surface area contributed by atoms with E-state index in [-0.39, 0.29) is 17.0 Å². The molecule has 1 atom stereocenters. The number of carbonyl (C=O) groups excluding carboxylic acids is 1. The van der Waals surface area contributed by atoms with Gasteiger partial charge in [0.2, 0.25) is 0 Å². The van der Waals surface area contributed by atoms with E-state index < -0.39 is 0 Å². The molecule has 0 radical (unpaired) electrons. The molecule has 0 unspecified atom stereocenters. The maximum atomic E-state index is 11.7. The highest BCUT2D eigenvalue weighted by Gasteiger charge is 2.23. The van der Waals surface area contributed by atoms with Crippen molar-refractivity contribution in [1.29, 1.82) is 0 Å². The second-order valence-electron chi connectivity index (χ2n) is 5.83. The lowest BCUT2D eigenvalue weighted by Gasteiger charge is -2.18. The number of aromatic nitrogens is 1. The molecule has 0 bridgehead atoms. The van der Waals surface area contributed by atoms with Crippen LogP contribution in [0.1, 0.15) is 24.2 Å². The maximum absolute atomic E-state index is 11.7. The van der Waals surface area contributed by atoms with E-state index in [0.29, 0.717) is 26.2 Å². The smallest absolute Gasteiger partial charge is 0.414 e. The van der Waals surface area contributed by atoms with Crippen LogP contribution in [0.2, 0.25) is 0 Å². The lowest BCUT2D eigenvalue weighted by molar-refractivity contribution is 0.181. The predicted molar refractivity (Wildman–Crippen MR) is 94.9 cm³/mol. The maximum Gasteiger partial charge on any atom is 0.414 e. The summed E-state index contributed by atoms with van der Waals surface area (Å²) in [5, 5.41) is 5.31. The standard InChI is InChI=1S/C17H21N3O3S/c1-12-11-24-17(22)19(12)7-6-18-13(2)14-4-3-5-15(10-14)20-8-9-23-16(20)21/h3-5,10-11,13,18H,6-9H2,1-2H3/t13-/m0/s1. The number of hydrogen-bond acceptors (Lipinski definition) is 5. The molecule has 7 heteroatoms. The Morgan fingerprint density at radius 3 is 2.88 bits per heavy atom. The summed E-state index contributed by atoms with van der Waals surface area (Å²) in [6.45, 7) is 6.39. The van der Waals surface area contributed by atoms with Gasteiger partial charge in [0.1, 0.15) is 6.61 Å². The first-order chi connectivity index (χ1) is 11.6. The van der Waals surface area contributed by atoms with Gasteiger partial charge in [0.25, 0.3) is 0 Å². The molecule has 3 rings (SSSR count). The van der Waals surface area contributed by atoms with Crippen molar-refractivity contribution in [2.24, 2.45) is 0 Å². The summed E-state index contributed by atoms with van der Waals surface area (Å²) in [5.74, 6) is 0. The minimum absolute atomic E-state index is 0.0801. The van der Waals surface area contributed by atoms with Gasteiger partial charge in [-0.3, -0.25) is 9.69 Å². The Balaban J connectivity index is 1.62. The van der Waals surface area contributed by atoms with Crippen molar-refractivity contribution < 1.29 is 9.53 Å². The molecule has 0 aliphatic carbocycles. The Morgan fingerprint density at radius 2 is 2.21 bits per heavy atom. The number of anilines is 1. The highest BCUT2D eigenvalue weighted by molar-refractivity contribution is 7.07. The molecule has 2 heterocycles. The van der Waals surface area contributed by atoms with E-state index >= 15 is 0 Å². The molecule has 0 saturated carbocycles. The van der Waals surface area contributed by atoms with Gasteiger partial charge < -0.3 is 14.6 Å². The number of ether oxygens (including phenoxy) is 1. The van der Waals surface area contributed by atoms with Gasteiger partial charge in [-0.1, -0.05) is 23.5 Å². The third-order valence-corrected chi connectivity index (χ3v) is 5.09. The molecule has 1 aromatic heterocycles.